The van der Waals surface area contributed by atoms with Gasteiger partial charge in [-0.25, -0.2) is 8.42 Å². The van der Waals surface area contributed by atoms with Crippen molar-refractivity contribution in [3.05, 3.63) is 90.0 Å². The Balaban J connectivity index is 1.37. The first-order valence-corrected chi connectivity index (χ1v) is 12.8. The highest BCUT2D eigenvalue weighted by molar-refractivity contribution is 7.89. The van der Waals surface area contributed by atoms with E-state index in [0.29, 0.717) is 61.2 Å². The SMILES string of the molecule is CCOc1ccccc1NC(=O)c1cccc(CN2CCN(S(=O)(=O)c3ccccc3)CC2)c1. The van der Waals surface area contributed by atoms with Gasteiger partial charge in [0, 0.05) is 38.3 Å². The summed E-state index contributed by atoms with van der Waals surface area (Å²) in [6.07, 6.45) is 0. The molecule has 1 fully saturated rings. The Morgan fingerprint density at radius 3 is 2.35 bits per heavy atom. The number of piperazine rings is 1. The number of amides is 1. The fourth-order valence-electron chi connectivity index (χ4n) is 3.98. The van der Waals surface area contributed by atoms with Gasteiger partial charge in [0.1, 0.15) is 5.75 Å². The average Bonchev–Trinajstić information content (AvgIpc) is 2.86. The molecule has 0 radical (unpaired) electrons. The van der Waals surface area contributed by atoms with Crippen LogP contribution in [0.5, 0.6) is 5.75 Å². The monoisotopic (exact) mass is 479 g/mol. The van der Waals surface area contributed by atoms with Crippen LogP contribution in [-0.2, 0) is 16.6 Å². The second-order valence-electron chi connectivity index (χ2n) is 8.08. The van der Waals surface area contributed by atoms with Gasteiger partial charge in [-0.3, -0.25) is 9.69 Å². The minimum Gasteiger partial charge on any atom is -0.492 e. The van der Waals surface area contributed by atoms with E-state index in [0.717, 1.165) is 5.56 Å². The molecule has 0 unspecified atom stereocenters. The van der Waals surface area contributed by atoms with Crippen LogP contribution in [-0.4, -0.2) is 56.3 Å². The first-order valence-electron chi connectivity index (χ1n) is 11.4. The fourth-order valence-corrected chi connectivity index (χ4v) is 5.43. The molecule has 8 heteroatoms. The zero-order chi connectivity index (χ0) is 24.0. The van der Waals surface area contributed by atoms with Crippen LogP contribution in [0, 0.1) is 0 Å². The molecule has 1 saturated heterocycles. The summed E-state index contributed by atoms with van der Waals surface area (Å²) in [5, 5.41) is 2.93. The second kappa shape index (κ2) is 10.8. The summed E-state index contributed by atoms with van der Waals surface area (Å²) in [5.41, 5.74) is 2.20. The van der Waals surface area contributed by atoms with Crippen LogP contribution in [0.1, 0.15) is 22.8 Å². The molecule has 0 spiro atoms. The molecule has 4 rings (SSSR count). The van der Waals surface area contributed by atoms with Crippen LogP contribution in [0.15, 0.2) is 83.8 Å². The van der Waals surface area contributed by atoms with Crippen molar-refractivity contribution >= 4 is 21.6 Å². The van der Waals surface area contributed by atoms with E-state index in [1.54, 1.807) is 34.6 Å². The van der Waals surface area contributed by atoms with E-state index in [9.17, 15) is 13.2 Å². The standard InChI is InChI=1S/C26H29N3O4S/c1-2-33-25-14-7-6-13-24(25)27-26(30)22-10-8-9-21(19-22)20-28-15-17-29(18-16-28)34(31,32)23-11-4-3-5-12-23/h3-14,19H,2,15-18,20H2,1H3,(H,27,30). The summed E-state index contributed by atoms with van der Waals surface area (Å²) in [4.78, 5) is 15.4. The Bertz CT molecular complexity index is 1220. The van der Waals surface area contributed by atoms with Gasteiger partial charge in [-0.05, 0) is 48.9 Å². The summed E-state index contributed by atoms with van der Waals surface area (Å²) in [6, 6.07) is 23.4. The van der Waals surface area contributed by atoms with Gasteiger partial charge in [-0.15, -0.1) is 0 Å². The van der Waals surface area contributed by atoms with Gasteiger partial charge in [0.05, 0.1) is 17.2 Å². The molecule has 3 aromatic carbocycles. The topological polar surface area (TPSA) is 79.0 Å². The Morgan fingerprint density at radius 2 is 1.62 bits per heavy atom. The van der Waals surface area contributed by atoms with Gasteiger partial charge in [0.15, 0.2) is 0 Å². The lowest BCUT2D eigenvalue weighted by atomic mass is 10.1. The maximum absolute atomic E-state index is 12.8. The Kier molecular flexibility index (Phi) is 7.62. The number of nitrogens with zero attached hydrogens (tertiary/aromatic N) is 2. The summed E-state index contributed by atoms with van der Waals surface area (Å²) in [5.74, 6) is 0.436. The van der Waals surface area contributed by atoms with Crippen LogP contribution >= 0.6 is 0 Å². The molecule has 34 heavy (non-hydrogen) atoms. The van der Waals surface area contributed by atoms with E-state index in [-0.39, 0.29) is 5.91 Å². The lowest BCUT2D eigenvalue weighted by molar-refractivity contribution is 0.102. The van der Waals surface area contributed by atoms with Gasteiger partial charge >= 0.3 is 0 Å². The molecule has 1 N–H and O–H groups in total. The molecular formula is C26H29N3O4S. The molecule has 1 heterocycles. The minimum atomic E-state index is -3.47. The van der Waals surface area contributed by atoms with Crippen LogP contribution in [0.3, 0.4) is 0 Å². The molecule has 1 amide bonds. The van der Waals surface area contributed by atoms with Crippen molar-refractivity contribution in [2.45, 2.75) is 18.4 Å². The number of nitrogens with one attached hydrogen (secondary N) is 1. The van der Waals surface area contributed by atoms with Crippen LogP contribution < -0.4 is 10.1 Å². The molecule has 0 bridgehead atoms. The first kappa shape index (κ1) is 23.9. The highest BCUT2D eigenvalue weighted by Gasteiger charge is 2.28. The summed E-state index contributed by atoms with van der Waals surface area (Å²) in [7, 11) is -3.47. The fraction of sp³-hybridized carbons (Fsp3) is 0.269. The van der Waals surface area contributed by atoms with E-state index in [2.05, 4.69) is 10.2 Å². The number of sulfonamides is 1. The van der Waals surface area contributed by atoms with Crippen LogP contribution in [0.2, 0.25) is 0 Å². The Morgan fingerprint density at radius 1 is 0.912 bits per heavy atom. The smallest absolute Gasteiger partial charge is 0.255 e. The van der Waals surface area contributed by atoms with Crippen molar-refractivity contribution in [3.8, 4) is 5.75 Å². The van der Waals surface area contributed by atoms with E-state index in [1.807, 2.05) is 55.5 Å². The number of rotatable bonds is 8. The minimum absolute atomic E-state index is 0.201. The van der Waals surface area contributed by atoms with Crippen LogP contribution in [0.25, 0.3) is 0 Å². The number of carbonyl (C=O) groups is 1. The van der Waals surface area contributed by atoms with E-state index in [4.69, 9.17) is 4.74 Å². The van der Waals surface area contributed by atoms with Crippen molar-refractivity contribution in [3.63, 3.8) is 0 Å². The molecule has 178 valence electrons. The predicted octanol–water partition coefficient (Wildman–Crippen LogP) is 3.84. The quantitative estimate of drug-likeness (QED) is 0.531. The molecule has 0 aromatic heterocycles. The van der Waals surface area contributed by atoms with Crippen molar-refractivity contribution < 1.29 is 17.9 Å². The van der Waals surface area contributed by atoms with Crippen molar-refractivity contribution in [1.29, 1.82) is 0 Å². The number of ether oxygens (including phenoxy) is 1. The van der Waals surface area contributed by atoms with E-state index >= 15 is 0 Å². The molecule has 0 aliphatic carbocycles. The molecule has 0 atom stereocenters. The largest absolute Gasteiger partial charge is 0.492 e. The average molecular weight is 480 g/mol. The van der Waals surface area contributed by atoms with E-state index < -0.39 is 10.0 Å². The lowest BCUT2D eigenvalue weighted by Gasteiger charge is -2.34. The molecule has 3 aromatic rings. The molecule has 7 nitrogen and oxygen atoms in total. The third-order valence-electron chi connectivity index (χ3n) is 5.74. The zero-order valence-corrected chi connectivity index (χ0v) is 20.0. The molecule has 0 saturated carbocycles. The van der Waals surface area contributed by atoms with Crippen LogP contribution in [0.4, 0.5) is 5.69 Å². The number of hydrogen-bond acceptors (Lipinski definition) is 5. The lowest BCUT2D eigenvalue weighted by Crippen LogP contribution is -2.48. The van der Waals surface area contributed by atoms with Gasteiger partial charge in [-0.2, -0.15) is 4.31 Å². The van der Waals surface area contributed by atoms with Crippen molar-refractivity contribution in [1.82, 2.24) is 9.21 Å². The third-order valence-corrected chi connectivity index (χ3v) is 7.66. The number of para-hydroxylation sites is 2. The van der Waals surface area contributed by atoms with Gasteiger partial charge in [0.2, 0.25) is 10.0 Å². The summed E-state index contributed by atoms with van der Waals surface area (Å²) < 4.78 is 32.8. The maximum Gasteiger partial charge on any atom is 0.255 e. The van der Waals surface area contributed by atoms with E-state index in [1.165, 1.54) is 0 Å². The summed E-state index contributed by atoms with van der Waals surface area (Å²) >= 11 is 0. The van der Waals surface area contributed by atoms with Crippen molar-refractivity contribution in [2.75, 3.05) is 38.1 Å². The van der Waals surface area contributed by atoms with Gasteiger partial charge < -0.3 is 10.1 Å². The Labute approximate surface area is 201 Å². The normalized spacial score (nSPS) is 15.1. The Hall–Kier alpha value is -3.20. The predicted molar refractivity (Wildman–Crippen MR) is 132 cm³/mol. The zero-order valence-electron chi connectivity index (χ0n) is 19.2. The number of benzene rings is 3. The third kappa shape index (κ3) is 5.64. The molecular weight excluding hydrogens is 450 g/mol. The van der Waals surface area contributed by atoms with Gasteiger partial charge in [-0.1, -0.05) is 42.5 Å². The number of carbonyl (C=O) groups excluding carboxylic acids is 1. The number of anilines is 1. The summed E-state index contributed by atoms with van der Waals surface area (Å²) in [6.45, 7) is 5.20. The number of hydrogen-bond donors (Lipinski definition) is 1. The van der Waals surface area contributed by atoms with Crippen molar-refractivity contribution in [2.24, 2.45) is 0 Å². The second-order valence-corrected chi connectivity index (χ2v) is 10.0. The van der Waals surface area contributed by atoms with Gasteiger partial charge in [0.25, 0.3) is 5.91 Å². The highest BCUT2D eigenvalue weighted by Crippen LogP contribution is 2.24. The molecule has 1 aliphatic heterocycles. The first-order chi connectivity index (χ1) is 16.5. The molecule has 1 aliphatic rings. The maximum atomic E-state index is 12.8. The highest BCUT2D eigenvalue weighted by atomic mass is 32.2.